The molecule has 0 unspecified atom stereocenters. The van der Waals surface area contributed by atoms with E-state index < -0.39 is 0 Å². The van der Waals surface area contributed by atoms with E-state index in [1.54, 1.807) is 6.07 Å². The van der Waals surface area contributed by atoms with E-state index in [1.807, 2.05) is 0 Å². The lowest BCUT2D eigenvalue weighted by atomic mass is 9.93. The smallest absolute Gasteiger partial charge is 0.127 e. The van der Waals surface area contributed by atoms with E-state index in [0.29, 0.717) is 18.2 Å². The molecule has 0 fully saturated rings. The number of hydrogen-bond donors (Lipinski definition) is 0. The maximum atomic E-state index is 13.1. The summed E-state index contributed by atoms with van der Waals surface area (Å²) < 4.78 is 18.6. The molecular formula is C13H18ClFO. The summed E-state index contributed by atoms with van der Waals surface area (Å²) >= 11 is 5.66. The van der Waals surface area contributed by atoms with Crippen molar-refractivity contribution in [3.63, 3.8) is 0 Å². The second kappa shape index (κ2) is 5.53. The molecule has 0 spiro atoms. The summed E-state index contributed by atoms with van der Waals surface area (Å²) in [6, 6.07) is 4.58. The van der Waals surface area contributed by atoms with E-state index in [1.165, 1.54) is 12.1 Å². The first-order valence-corrected chi connectivity index (χ1v) is 5.92. The summed E-state index contributed by atoms with van der Waals surface area (Å²) in [4.78, 5) is 0. The molecule has 0 N–H and O–H groups in total. The van der Waals surface area contributed by atoms with Gasteiger partial charge in [0.15, 0.2) is 0 Å². The first-order chi connectivity index (χ1) is 7.40. The Morgan fingerprint density at radius 2 is 1.94 bits per heavy atom. The van der Waals surface area contributed by atoms with Crippen LogP contribution < -0.4 is 4.74 Å². The number of hydrogen-bond acceptors (Lipinski definition) is 1. The molecule has 0 atom stereocenters. The Bertz CT molecular complexity index is 344. The van der Waals surface area contributed by atoms with Crippen LogP contribution in [0.3, 0.4) is 0 Å². The van der Waals surface area contributed by atoms with Gasteiger partial charge in [0.2, 0.25) is 0 Å². The number of alkyl halides is 1. The van der Waals surface area contributed by atoms with Gasteiger partial charge in [0.1, 0.15) is 11.6 Å². The number of halogens is 2. The van der Waals surface area contributed by atoms with Crippen molar-refractivity contribution in [1.29, 1.82) is 0 Å². The standard InChI is InChI=1S/C13H18ClFO/c1-13(2,3)4-5-16-12-7-10(9-14)6-11(15)8-12/h6-8H,4-5,9H2,1-3H3. The van der Waals surface area contributed by atoms with Gasteiger partial charge in [0, 0.05) is 11.9 Å². The highest BCUT2D eigenvalue weighted by molar-refractivity contribution is 6.17. The topological polar surface area (TPSA) is 9.23 Å². The minimum Gasteiger partial charge on any atom is -0.493 e. The van der Waals surface area contributed by atoms with Gasteiger partial charge in [0.05, 0.1) is 6.61 Å². The van der Waals surface area contributed by atoms with E-state index >= 15 is 0 Å². The molecule has 0 heterocycles. The first kappa shape index (κ1) is 13.3. The molecule has 1 aromatic rings. The fraction of sp³-hybridized carbons (Fsp3) is 0.538. The predicted molar refractivity (Wildman–Crippen MR) is 65.5 cm³/mol. The Hall–Kier alpha value is -0.760. The third-order valence-corrected chi connectivity index (χ3v) is 2.51. The highest BCUT2D eigenvalue weighted by Crippen LogP contribution is 2.21. The van der Waals surface area contributed by atoms with Crippen LogP contribution in [0.25, 0.3) is 0 Å². The average molecular weight is 245 g/mol. The molecule has 0 saturated heterocycles. The van der Waals surface area contributed by atoms with Gasteiger partial charge in [-0.05, 0) is 29.5 Å². The molecule has 1 rings (SSSR count). The van der Waals surface area contributed by atoms with Crippen LogP contribution in [0, 0.1) is 11.2 Å². The van der Waals surface area contributed by atoms with Gasteiger partial charge in [-0.25, -0.2) is 4.39 Å². The van der Waals surface area contributed by atoms with E-state index in [4.69, 9.17) is 16.3 Å². The van der Waals surface area contributed by atoms with E-state index in [-0.39, 0.29) is 11.2 Å². The van der Waals surface area contributed by atoms with Gasteiger partial charge in [-0.2, -0.15) is 0 Å². The van der Waals surface area contributed by atoms with Crippen molar-refractivity contribution >= 4 is 11.6 Å². The summed E-state index contributed by atoms with van der Waals surface area (Å²) in [6.45, 7) is 7.03. The molecule has 0 amide bonds. The van der Waals surface area contributed by atoms with Gasteiger partial charge >= 0.3 is 0 Å². The summed E-state index contributed by atoms with van der Waals surface area (Å²) in [5, 5.41) is 0. The van der Waals surface area contributed by atoms with Crippen molar-refractivity contribution < 1.29 is 9.13 Å². The molecule has 3 heteroatoms. The van der Waals surface area contributed by atoms with E-state index in [9.17, 15) is 4.39 Å². The summed E-state index contributed by atoms with van der Waals surface area (Å²) in [5.74, 6) is 0.553. The zero-order valence-corrected chi connectivity index (χ0v) is 10.8. The van der Waals surface area contributed by atoms with Crippen LogP contribution in [0.4, 0.5) is 4.39 Å². The fourth-order valence-corrected chi connectivity index (χ4v) is 1.41. The molecule has 0 saturated carbocycles. The Morgan fingerprint density at radius 1 is 1.25 bits per heavy atom. The molecule has 1 aromatic carbocycles. The first-order valence-electron chi connectivity index (χ1n) is 5.39. The summed E-state index contributed by atoms with van der Waals surface area (Å²) in [5.41, 5.74) is 0.968. The lowest BCUT2D eigenvalue weighted by molar-refractivity contribution is 0.242. The third kappa shape index (κ3) is 4.84. The van der Waals surface area contributed by atoms with Crippen LogP contribution in [0.15, 0.2) is 18.2 Å². The van der Waals surface area contributed by atoms with Crippen LogP contribution in [0.2, 0.25) is 0 Å². The van der Waals surface area contributed by atoms with Crippen molar-refractivity contribution in [3.8, 4) is 5.75 Å². The molecule has 0 aromatic heterocycles. The molecule has 1 nitrogen and oxygen atoms in total. The molecule has 0 radical (unpaired) electrons. The number of ether oxygens (including phenoxy) is 1. The van der Waals surface area contributed by atoms with Gasteiger partial charge in [-0.15, -0.1) is 11.6 Å². The van der Waals surface area contributed by atoms with Gasteiger partial charge in [-0.3, -0.25) is 0 Å². The van der Waals surface area contributed by atoms with Gasteiger partial charge in [-0.1, -0.05) is 20.8 Å². The molecule has 16 heavy (non-hydrogen) atoms. The van der Waals surface area contributed by atoms with Crippen molar-refractivity contribution in [2.45, 2.75) is 33.1 Å². The fourth-order valence-electron chi connectivity index (χ4n) is 1.26. The van der Waals surface area contributed by atoms with Crippen LogP contribution in [-0.2, 0) is 5.88 Å². The third-order valence-electron chi connectivity index (χ3n) is 2.21. The molecule has 0 aliphatic heterocycles. The molecule has 90 valence electrons. The lowest BCUT2D eigenvalue weighted by Crippen LogP contribution is -2.11. The number of rotatable bonds is 4. The van der Waals surface area contributed by atoms with Crippen molar-refractivity contribution in [2.24, 2.45) is 5.41 Å². The second-order valence-electron chi connectivity index (χ2n) is 5.09. The monoisotopic (exact) mass is 244 g/mol. The molecule has 0 aliphatic carbocycles. The Balaban J connectivity index is 2.57. The largest absolute Gasteiger partial charge is 0.493 e. The SMILES string of the molecule is CC(C)(C)CCOc1cc(F)cc(CCl)c1. The van der Waals surface area contributed by atoms with Crippen LogP contribution in [-0.4, -0.2) is 6.61 Å². The Labute approximate surface area is 102 Å². The Morgan fingerprint density at radius 3 is 2.50 bits per heavy atom. The minimum absolute atomic E-state index is 0.225. The van der Waals surface area contributed by atoms with Gasteiger partial charge < -0.3 is 4.74 Å². The average Bonchev–Trinajstić information content (AvgIpc) is 2.14. The highest BCUT2D eigenvalue weighted by atomic mass is 35.5. The van der Waals surface area contributed by atoms with E-state index in [2.05, 4.69) is 20.8 Å². The zero-order valence-electron chi connectivity index (χ0n) is 10.0. The normalized spacial score (nSPS) is 11.6. The van der Waals surface area contributed by atoms with Crippen molar-refractivity contribution in [3.05, 3.63) is 29.6 Å². The zero-order chi connectivity index (χ0) is 12.2. The van der Waals surface area contributed by atoms with Crippen molar-refractivity contribution in [2.75, 3.05) is 6.61 Å². The minimum atomic E-state index is -0.302. The quantitative estimate of drug-likeness (QED) is 0.715. The van der Waals surface area contributed by atoms with E-state index in [0.717, 1.165) is 12.0 Å². The molecule has 0 bridgehead atoms. The van der Waals surface area contributed by atoms with Crippen molar-refractivity contribution in [1.82, 2.24) is 0 Å². The van der Waals surface area contributed by atoms with Crippen LogP contribution >= 0.6 is 11.6 Å². The van der Waals surface area contributed by atoms with Crippen LogP contribution in [0.1, 0.15) is 32.8 Å². The highest BCUT2D eigenvalue weighted by Gasteiger charge is 2.10. The van der Waals surface area contributed by atoms with Gasteiger partial charge in [0.25, 0.3) is 0 Å². The summed E-state index contributed by atoms with van der Waals surface area (Å²) in [6.07, 6.45) is 0.930. The molecular weight excluding hydrogens is 227 g/mol. The maximum absolute atomic E-state index is 13.1. The second-order valence-corrected chi connectivity index (χ2v) is 5.36. The summed E-state index contributed by atoms with van der Waals surface area (Å²) in [7, 11) is 0. The maximum Gasteiger partial charge on any atom is 0.127 e. The van der Waals surface area contributed by atoms with Crippen LogP contribution in [0.5, 0.6) is 5.75 Å². The number of benzene rings is 1. The lowest BCUT2D eigenvalue weighted by Gasteiger charge is -2.18. The predicted octanol–water partition coefficient (Wildman–Crippen LogP) is 4.38. The Kier molecular flexibility index (Phi) is 4.60. The molecule has 0 aliphatic rings.